The molecule has 0 saturated carbocycles. The molecule has 0 radical (unpaired) electrons. The number of phenols is 1. The van der Waals surface area contributed by atoms with Gasteiger partial charge in [0.15, 0.2) is 0 Å². The molecule has 0 aliphatic heterocycles. The molecule has 4 aromatic rings. The van der Waals surface area contributed by atoms with Gasteiger partial charge >= 0.3 is 0 Å². The minimum absolute atomic E-state index is 0.107. The third-order valence-corrected chi connectivity index (χ3v) is 10.1. The molecule has 0 aliphatic rings. The van der Waals surface area contributed by atoms with Gasteiger partial charge in [-0.1, -0.05) is 114 Å². The highest BCUT2D eigenvalue weighted by atomic mass is 31.1. The highest BCUT2D eigenvalue weighted by Gasteiger charge is 2.24. The van der Waals surface area contributed by atoms with E-state index in [4.69, 9.17) is 0 Å². The largest absolute Gasteiger partial charge is 0.507 e. The summed E-state index contributed by atoms with van der Waals surface area (Å²) in [6.45, 7) is 10.8. The van der Waals surface area contributed by atoms with Gasteiger partial charge < -0.3 is 5.11 Å². The van der Waals surface area contributed by atoms with Crippen LogP contribution in [0.25, 0.3) is 0 Å². The van der Waals surface area contributed by atoms with Gasteiger partial charge in [-0.2, -0.15) is 0 Å². The Bertz CT molecular complexity index is 1200. The summed E-state index contributed by atoms with van der Waals surface area (Å²) >= 11 is 0. The van der Waals surface area contributed by atoms with Crippen molar-refractivity contribution < 1.29 is 5.11 Å². The van der Waals surface area contributed by atoms with Gasteiger partial charge in [-0.05, 0) is 65.6 Å². The lowest BCUT2D eigenvalue weighted by Crippen LogP contribution is -2.31. The number of hydrogen-bond acceptors (Lipinski definition) is 1. The van der Waals surface area contributed by atoms with Crippen LogP contribution < -0.4 is 26.5 Å². The number of hydrogen-bond donors (Lipinski definition) is 1. The zero-order valence-electron chi connectivity index (χ0n) is 20.1. The predicted molar refractivity (Wildman–Crippen MR) is 149 cm³/mol. The Labute approximate surface area is 201 Å². The topological polar surface area (TPSA) is 20.2 Å². The van der Waals surface area contributed by atoms with E-state index in [-0.39, 0.29) is 5.41 Å². The summed E-state index contributed by atoms with van der Waals surface area (Å²) in [6.07, 6.45) is 0. The summed E-state index contributed by atoms with van der Waals surface area (Å²) in [7, 11) is -0.308. The van der Waals surface area contributed by atoms with Crippen LogP contribution in [-0.2, 0) is 5.41 Å². The van der Waals surface area contributed by atoms with Crippen molar-refractivity contribution in [3.05, 3.63) is 108 Å². The van der Waals surface area contributed by atoms with E-state index in [0.29, 0.717) is 14.3 Å². The fraction of sp³-hybridized carbons (Fsp3) is 0.200. The van der Waals surface area contributed by atoms with Gasteiger partial charge in [-0.15, -0.1) is 0 Å². The Hall–Kier alpha value is -2.46. The number of aryl methyl sites for hydroxylation is 2. The van der Waals surface area contributed by atoms with Gasteiger partial charge in [0.25, 0.3) is 0 Å². The molecule has 168 valence electrons. The second-order valence-electron chi connectivity index (χ2n) is 9.56. The average molecular weight is 471 g/mol. The Morgan fingerprint density at radius 1 is 0.727 bits per heavy atom. The standard InChI is InChI=1S/C30H32OP2/c1-21-19-25(30(3,4)5)28(31)26(20-21)32-29-22(2)13-12-18-27(29)33(23-14-8-6-9-15-23)24-16-10-7-11-17-24/h6-20,31-32H,1-5H3. The fourth-order valence-electron chi connectivity index (χ4n) is 4.16. The summed E-state index contributed by atoms with van der Waals surface area (Å²) in [5.41, 5.74) is 3.39. The van der Waals surface area contributed by atoms with Gasteiger partial charge in [0.2, 0.25) is 0 Å². The van der Waals surface area contributed by atoms with E-state index in [9.17, 15) is 5.11 Å². The summed E-state index contributed by atoms with van der Waals surface area (Å²) in [6, 6.07) is 32.6. The first-order valence-electron chi connectivity index (χ1n) is 11.4. The zero-order valence-corrected chi connectivity index (χ0v) is 21.9. The smallest absolute Gasteiger partial charge is 0.127 e. The third-order valence-electron chi connectivity index (χ3n) is 5.84. The second kappa shape index (κ2) is 9.80. The first-order chi connectivity index (χ1) is 15.8. The second-order valence-corrected chi connectivity index (χ2v) is 13.0. The molecule has 0 aliphatic carbocycles. The zero-order chi connectivity index (χ0) is 23.6. The van der Waals surface area contributed by atoms with Crippen molar-refractivity contribution in [1.82, 2.24) is 0 Å². The van der Waals surface area contributed by atoms with Crippen molar-refractivity contribution in [3.8, 4) is 5.75 Å². The van der Waals surface area contributed by atoms with Crippen LogP contribution in [0.3, 0.4) is 0 Å². The van der Waals surface area contributed by atoms with E-state index in [1.807, 2.05) is 0 Å². The van der Waals surface area contributed by atoms with Crippen molar-refractivity contribution in [1.29, 1.82) is 0 Å². The molecule has 33 heavy (non-hydrogen) atoms. The van der Waals surface area contributed by atoms with Crippen LogP contribution in [0.2, 0.25) is 0 Å². The molecule has 1 N–H and O–H groups in total. The van der Waals surface area contributed by atoms with Crippen molar-refractivity contribution >= 4 is 43.0 Å². The Balaban J connectivity index is 1.89. The lowest BCUT2D eigenvalue weighted by atomic mass is 9.85. The Morgan fingerprint density at radius 3 is 1.85 bits per heavy atom. The molecule has 0 aromatic heterocycles. The first kappa shape index (κ1) is 23.7. The molecule has 4 aromatic carbocycles. The summed E-state index contributed by atoms with van der Waals surface area (Å²) in [4.78, 5) is 0. The van der Waals surface area contributed by atoms with Crippen LogP contribution in [0.15, 0.2) is 91.0 Å². The van der Waals surface area contributed by atoms with Crippen LogP contribution in [-0.4, -0.2) is 5.11 Å². The molecule has 1 atom stereocenters. The summed E-state index contributed by atoms with van der Waals surface area (Å²) in [5.74, 6) is 0.449. The van der Waals surface area contributed by atoms with Gasteiger partial charge in [0.1, 0.15) is 5.75 Å². The average Bonchev–Trinajstić information content (AvgIpc) is 2.79. The minimum Gasteiger partial charge on any atom is -0.507 e. The molecular formula is C30H32OP2. The minimum atomic E-state index is -0.701. The predicted octanol–water partition coefficient (Wildman–Crippen LogP) is 5.69. The van der Waals surface area contributed by atoms with Crippen molar-refractivity contribution in [2.75, 3.05) is 0 Å². The molecule has 4 rings (SSSR count). The Kier molecular flexibility index (Phi) is 7.04. The van der Waals surface area contributed by atoms with Crippen LogP contribution in [0.1, 0.15) is 37.5 Å². The summed E-state index contributed by atoms with van der Waals surface area (Å²) < 4.78 is 0. The van der Waals surface area contributed by atoms with E-state index in [0.717, 1.165) is 10.9 Å². The molecule has 0 amide bonds. The van der Waals surface area contributed by atoms with Crippen LogP contribution in [0.5, 0.6) is 5.75 Å². The molecule has 0 spiro atoms. The maximum Gasteiger partial charge on any atom is 0.127 e. The van der Waals surface area contributed by atoms with Gasteiger partial charge in [-0.3, -0.25) is 0 Å². The van der Waals surface area contributed by atoms with Crippen molar-refractivity contribution in [2.24, 2.45) is 0 Å². The summed E-state index contributed by atoms with van der Waals surface area (Å²) in [5, 5.41) is 17.7. The molecule has 0 fully saturated rings. The highest BCUT2D eigenvalue weighted by molar-refractivity contribution is 7.81. The van der Waals surface area contributed by atoms with Crippen molar-refractivity contribution in [2.45, 2.75) is 40.0 Å². The van der Waals surface area contributed by atoms with Crippen molar-refractivity contribution in [3.63, 3.8) is 0 Å². The lowest BCUT2D eigenvalue weighted by molar-refractivity contribution is 0.450. The quantitative estimate of drug-likeness (QED) is 0.372. The number of rotatable bonds is 5. The number of aromatic hydroxyl groups is 1. The van der Waals surface area contributed by atoms with E-state index >= 15 is 0 Å². The van der Waals surface area contributed by atoms with Crippen LogP contribution >= 0.6 is 16.5 Å². The maximum absolute atomic E-state index is 11.3. The van der Waals surface area contributed by atoms with E-state index < -0.39 is 7.92 Å². The van der Waals surface area contributed by atoms with Gasteiger partial charge in [-0.25, -0.2) is 0 Å². The molecular weight excluding hydrogens is 438 g/mol. The maximum atomic E-state index is 11.3. The Morgan fingerprint density at radius 2 is 1.30 bits per heavy atom. The number of phenolic OH excluding ortho intramolecular Hbond substituents is 1. The highest BCUT2D eigenvalue weighted by Crippen LogP contribution is 2.36. The first-order valence-corrected chi connectivity index (χ1v) is 13.7. The van der Waals surface area contributed by atoms with Gasteiger partial charge in [0, 0.05) is 10.9 Å². The molecule has 1 unspecified atom stereocenters. The van der Waals surface area contributed by atoms with Crippen LogP contribution in [0, 0.1) is 13.8 Å². The fourth-order valence-corrected chi connectivity index (χ4v) is 8.41. The van der Waals surface area contributed by atoms with Crippen LogP contribution in [0.4, 0.5) is 0 Å². The monoisotopic (exact) mass is 470 g/mol. The van der Waals surface area contributed by atoms with E-state index in [2.05, 4.69) is 126 Å². The molecule has 1 nitrogen and oxygen atoms in total. The van der Waals surface area contributed by atoms with E-state index in [1.165, 1.54) is 32.3 Å². The SMILES string of the molecule is Cc1cc(Pc2c(C)cccc2P(c2ccccc2)c2ccccc2)c(O)c(C(C)(C)C)c1. The number of benzene rings is 4. The molecule has 0 heterocycles. The molecule has 3 heteroatoms. The molecule has 0 saturated heterocycles. The third kappa shape index (κ3) is 5.22. The van der Waals surface area contributed by atoms with E-state index in [1.54, 1.807) is 0 Å². The van der Waals surface area contributed by atoms with Gasteiger partial charge in [0.05, 0.1) is 0 Å². The normalized spacial score (nSPS) is 12.1. The lowest BCUT2D eigenvalue weighted by Gasteiger charge is -2.25. The molecule has 0 bridgehead atoms.